The number of hydrogen-bond acceptors (Lipinski definition) is 5. The number of amides is 1. The number of benzene rings is 2. The van der Waals surface area contributed by atoms with E-state index in [9.17, 15) is 14.3 Å². The lowest BCUT2D eigenvalue weighted by atomic mass is 10.1. The van der Waals surface area contributed by atoms with Crippen LogP contribution in [0.25, 0.3) is 5.69 Å². The van der Waals surface area contributed by atoms with E-state index in [4.69, 9.17) is 0 Å². The number of nitrogens with one attached hydrogen (secondary N) is 2. The van der Waals surface area contributed by atoms with E-state index in [0.717, 1.165) is 35.3 Å². The van der Waals surface area contributed by atoms with Crippen molar-refractivity contribution >= 4 is 5.91 Å². The molecule has 1 amide bonds. The van der Waals surface area contributed by atoms with Gasteiger partial charge in [-0.2, -0.15) is 0 Å². The van der Waals surface area contributed by atoms with Crippen molar-refractivity contribution in [3.05, 3.63) is 77.4 Å². The van der Waals surface area contributed by atoms with Gasteiger partial charge in [0, 0.05) is 6.54 Å². The molecule has 1 saturated heterocycles. The molecular formula is C22H24FN5O2. The maximum absolute atomic E-state index is 13.0. The fraction of sp³-hybridized carbons (Fsp3) is 0.318. The molecule has 1 aliphatic rings. The summed E-state index contributed by atoms with van der Waals surface area (Å²) in [4.78, 5) is 12.1. The number of carbonyl (C=O) groups excluding carboxylic acids is 1. The first-order valence-corrected chi connectivity index (χ1v) is 10.0. The average Bonchev–Trinajstić information content (AvgIpc) is 3.41. The van der Waals surface area contributed by atoms with Gasteiger partial charge in [0.1, 0.15) is 11.9 Å². The molecule has 4 rings (SSSR count). The molecule has 8 heteroatoms. The van der Waals surface area contributed by atoms with Gasteiger partial charge in [-0.15, -0.1) is 5.10 Å². The zero-order valence-electron chi connectivity index (χ0n) is 16.5. The van der Waals surface area contributed by atoms with E-state index in [0.29, 0.717) is 19.5 Å². The molecule has 0 saturated carbocycles. The number of rotatable bonds is 7. The SMILES string of the molecule is O=C(NCc1ccc(-n2cc(CCc3ccc(F)cc3)nn2)cc1)[C@H]1NCC[C@@H]1O. The number of hydrogen-bond donors (Lipinski definition) is 3. The van der Waals surface area contributed by atoms with Gasteiger partial charge < -0.3 is 15.7 Å². The van der Waals surface area contributed by atoms with Gasteiger partial charge >= 0.3 is 0 Å². The Morgan fingerprint density at radius 2 is 1.87 bits per heavy atom. The van der Waals surface area contributed by atoms with Crippen molar-refractivity contribution in [3.63, 3.8) is 0 Å². The number of aliphatic hydroxyl groups is 1. The Morgan fingerprint density at radius 1 is 1.13 bits per heavy atom. The van der Waals surface area contributed by atoms with Gasteiger partial charge in [-0.3, -0.25) is 4.79 Å². The van der Waals surface area contributed by atoms with E-state index in [1.54, 1.807) is 16.8 Å². The third-order valence-electron chi connectivity index (χ3n) is 5.26. The minimum atomic E-state index is -0.628. The zero-order chi connectivity index (χ0) is 20.9. The fourth-order valence-corrected chi connectivity index (χ4v) is 3.49. The van der Waals surface area contributed by atoms with Crippen LogP contribution in [0.3, 0.4) is 0 Å². The van der Waals surface area contributed by atoms with E-state index >= 15 is 0 Å². The molecular weight excluding hydrogens is 385 g/mol. The number of aliphatic hydroxyl groups excluding tert-OH is 1. The van der Waals surface area contributed by atoms with E-state index in [1.807, 2.05) is 30.5 Å². The Morgan fingerprint density at radius 3 is 2.57 bits per heavy atom. The molecule has 1 aliphatic heterocycles. The largest absolute Gasteiger partial charge is 0.391 e. The molecule has 3 aromatic rings. The highest BCUT2D eigenvalue weighted by Crippen LogP contribution is 2.12. The monoisotopic (exact) mass is 409 g/mol. The average molecular weight is 409 g/mol. The summed E-state index contributed by atoms with van der Waals surface area (Å²) in [7, 11) is 0. The lowest BCUT2D eigenvalue weighted by Crippen LogP contribution is -2.45. The van der Waals surface area contributed by atoms with Crippen molar-refractivity contribution in [1.29, 1.82) is 0 Å². The fourth-order valence-electron chi connectivity index (χ4n) is 3.49. The predicted molar refractivity (Wildman–Crippen MR) is 109 cm³/mol. The van der Waals surface area contributed by atoms with Crippen molar-refractivity contribution < 1.29 is 14.3 Å². The molecule has 2 heterocycles. The van der Waals surface area contributed by atoms with Gasteiger partial charge in [-0.05, 0) is 61.2 Å². The van der Waals surface area contributed by atoms with Gasteiger partial charge in [-0.1, -0.05) is 29.5 Å². The third-order valence-corrected chi connectivity index (χ3v) is 5.26. The summed E-state index contributed by atoms with van der Waals surface area (Å²) in [5.74, 6) is -0.424. The van der Waals surface area contributed by atoms with E-state index in [1.165, 1.54) is 12.1 Å². The standard InChI is InChI=1S/C22H24FN5O2/c23-17-6-1-15(2-7-17)3-8-18-14-28(27-26-18)19-9-4-16(5-10-19)13-25-22(30)21-20(29)11-12-24-21/h1-2,4-7,9-10,14,20-21,24,29H,3,8,11-13H2,(H,25,30)/t20-,21-/m0/s1. The molecule has 2 aromatic carbocycles. The number of carbonyl (C=O) groups is 1. The van der Waals surface area contributed by atoms with E-state index in [2.05, 4.69) is 20.9 Å². The van der Waals surface area contributed by atoms with Crippen molar-refractivity contribution in [1.82, 2.24) is 25.6 Å². The van der Waals surface area contributed by atoms with Crippen LogP contribution >= 0.6 is 0 Å². The predicted octanol–water partition coefficient (Wildman–Crippen LogP) is 1.53. The van der Waals surface area contributed by atoms with Gasteiger partial charge in [0.05, 0.1) is 23.7 Å². The summed E-state index contributed by atoms with van der Waals surface area (Å²) < 4.78 is 14.7. The van der Waals surface area contributed by atoms with Crippen molar-refractivity contribution in [2.45, 2.75) is 38.0 Å². The summed E-state index contributed by atoms with van der Waals surface area (Å²) >= 11 is 0. The Labute approximate surface area is 173 Å². The normalized spacial score (nSPS) is 18.5. The highest BCUT2D eigenvalue weighted by molar-refractivity contribution is 5.82. The number of halogens is 1. The second-order valence-corrected chi connectivity index (χ2v) is 7.45. The van der Waals surface area contributed by atoms with Crippen LogP contribution in [-0.4, -0.2) is 44.7 Å². The maximum Gasteiger partial charge on any atom is 0.240 e. The minimum Gasteiger partial charge on any atom is -0.391 e. The molecule has 1 aromatic heterocycles. The van der Waals surface area contributed by atoms with Crippen molar-refractivity contribution in [2.75, 3.05) is 6.54 Å². The number of nitrogens with zero attached hydrogens (tertiary/aromatic N) is 3. The van der Waals surface area contributed by atoms with Crippen molar-refractivity contribution in [3.8, 4) is 5.69 Å². The Balaban J connectivity index is 1.30. The highest BCUT2D eigenvalue weighted by atomic mass is 19.1. The van der Waals surface area contributed by atoms with Crippen LogP contribution in [0, 0.1) is 5.82 Å². The van der Waals surface area contributed by atoms with Crippen LogP contribution < -0.4 is 10.6 Å². The topological polar surface area (TPSA) is 92.1 Å². The van der Waals surface area contributed by atoms with Crippen LogP contribution in [0.4, 0.5) is 4.39 Å². The van der Waals surface area contributed by atoms with Crippen LogP contribution in [0.5, 0.6) is 0 Å². The molecule has 3 N–H and O–H groups in total. The van der Waals surface area contributed by atoms with Crippen LogP contribution in [0.15, 0.2) is 54.7 Å². The first kappa shape index (κ1) is 20.2. The Kier molecular flexibility index (Phi) is 6.15. The van der Waals surface area contributed by atoms with E-state index in [-0.39, 0.29) is 11.7 Å². The minimum absolute atomic E-state index is 0.189. The maximum atomic E-state index is 13.0. The van der Waals surface area contributed by atoms with E-state index < -0.39 is 12.1 Å². The van der Waals surface area contributed by atoms with Crippen LogP contribution in [0.1, 0.15) is 23.2 Å². The molecule has 0 radical (unpaired) electrons. The summed E-state index contributed by atoms with van der Waals surface area (Å²) in [6, 6.07) is 13.6. The molecule has 7 nitrogen and oxygen atoms in total. The van der Waals surface area contributed by atoms with Gasteiger partial charge in [0.15, 0.2) is 0 Å². The molecule has 0 spiro atoms. The van der Waals surface area contributed by atoms with Crippen LogP contribution in [-0.2, 0) is 24.2 Å². The summed E-state index contributed by atoms with van der Waals surface area (Å²) in [5.41, 5.74) is 3.74. The summed E-state index contributed by atoms with van der Waals surface area (Å²) in [6.45, 7) is 1.04. The lowest BCUT2D eigenvalue weighted by molar-refractivity contribution is -0.124. The third kappa shape index (κ3) is 4.90. The Bertz CT molecular complexity index is 988. The molecule has 0 unspecified atom stereocenters. The van der Waals surface area contributed by atoms with Crippen molar-refractivity contribution in [2.24, 2.45) is 0 Å². The second-order valence-electron chi connectivity index (χ2n) is 7.45. The molecule has 2 atom stereocenters. The molecule has 156 valence electrons. The van der Waals surface area contributed by atoms with Crippen LogP contribution in [0.2, 0.25) is 0 Å². The van der Waals surface area contributed by atoms with Gasteiger partial charge in [0.2, 0.25) is 5.91 Å². The van der Waals surface area contributed by atoms with Gasteiger partial charge in [0.25, 0.3) is 0 Å². The number of aromatic nitrogens is 3. The lowest BCUT2D eigenvalue weighted by Gasteiger charge is -2.14. The first-order valence-electron chi connectivity index (χ1n) is 10.0. The summed E-state index contributed by atoms with van der Waals surface area (Å²) in [5, 5.41) is 24.0. The first-order chi connectivity index (χ1) is 14.6. The molecule has 0 bridgehead atoms. The smallest absolute Gasteiger partial charge is 0.240 e. The quantitative estimate of drug-likeness (QED) is 0.551. The highest BCUT2D eigenvalue weighted by Gasteiger charge is 2.30. The molecule has 0 aliphatic carbocycles. The molecule has 1 fully saturated rings. The number of aryl methyl sites for hydroxylation is 2. The van der Waals surface area contributed by atoms with Gasteiger partial charge in [-0.25, -0.2) is 9.07 Å². The molecule has 30 heavy (non-hydrogen) atoms. The zero-order valence-corrected chi connectivity index (χ0v) is 16.5. The Hall–Kier alpha value is -3.10. The second kappa shape index (κ2) is 9.15. The summed E-state index contributed by atoms with van der Waals surface area (Å²) in [6.07, 6.45) is 3.33.